The number of aromatic nitrogens is 1. The van der Waals surface area contributed by atoms with E-state index < -0.39 is 0 Å². The number of carbonyl (C=O) groups is 1. The SMILES string of the molecule is NNc1cc(-c2nc3ccccc3o2)ccc1CC(=O)N1CCOCC1. The van der Waals surface area contributed by atoms with E-state index in [0.29, 0.717) is 37.9 Å². The summed E-state index contributed by atoms with van der Waals surface area (Å²) in [7, 11) is 0. The molecule has 134 valence electrons. The van der Waals surface area contributed by atoms with Gasteiger partial charge < -0.3 is 19.5 Å². The Morgan fingerprint density at radius 1 is 1.19 bits per heavy atom. The Labute approximate surface area is 150 Å². The summed E-state index contributed by atoms with van der Waals surface area (Å²) in [6, 6.07) is 13.2. The molecule has 1 aliphatic rings. The minimum absolute atomic E-state index is 0.0689. The van der Waals surface area contributed by atoms with E-state index in [1.54, 1.807) is 0 Å². The second kappa shape index (κ2) is 7.15. The molecular formula is C19H20N4O3. The fraction of sp³-hybridized carbons (Fsp3) is 0.263. The van der Waals surface area contributed by atoms with Crippen LogP contribution < -0.4 is 11.3 Å². The van der Waals surface area contributed by atoms with Crippen molar-refractivity contribution in [3.63, 3.8) is 0 Å². The lowest BCUT2D eigenvalue weighted by Crippen LogP contribution is -2.41. The van der Waals surface area contributed by atoms with E-state index in [1.807, 2.05) is 47.4 Å². The van der Waals surface area contributed by atoms with Crippen molar-refractivity contribution in [2.45, 2.75) is 6.42 Å². The van der Waals surface area contributed by atoms with Gasteiger partial charge in [-0.05, 0) is 29.8 Å². The zero-order chi connectivity index (χ0) is 17.9. The smallest absolute Gasteiger partial charge is 0.227 e. The lowest BCUT2D eigenvalue weighted by Gasteiger charge is -2.27. The normalized spacial score (nSPS) is 14.6. The number of oxazole rings is 1. The zero-order valence-corrected chi connectivity index (χ0v) is 14.3. The average molecular weight is 352 g/mol. The Morgan fingerprint density at radius 2 is 2.00 bits per heavy atom. The highest BCUT2D eigenvalue weighted by Crippen LogP contribution is 2.28. The van der Waals surface area contributed by atoms with Gasteiger partial charge in [0.2, 0.25) is 11.8 Å². The van der Waals surface area contributed by atoms with Crippen molar-refractivity contribution in [2.75, 3.05) is 31.7 Å². The average Bonchev–Trinajstić information content (AvgIpc) is 3.13. The molecule has 0 spiro atoms. The molecule has 0 unspecified atom stereocenters. The van der Waals surface area contributed by atoms with Crippen LogP contribution in [0.25, 0.3) is 22.6 Å². The summed E-state index contributed by atoms with van der Waals surface area (Å²) in [5, 5.41) is 0. The van der Waals surface area contributed by atoms with Crippen molar-refractivity contribution in [2.24, 2.45) is 5.84 Å². The number of benzene rings is 2. The van der Waals surface area contributed by atoms with E-state index in [-0.39, 0.29) is 12.3 Å². The third-order valence-electron chi connectivity index (χ3n) is 4.51. The summed E-state index contributed by atoms with van der Waals surface area (Å²) in [6.45, 7) is 2.44. The number of fused-ring (bicyclic) bond motifs is 1. The van der Waals surface area contributed by atoms with Gasteiger partial charge in [0, 0.05) is 18.7 Å². The van der Waals surface area contributed by atoms with Gasteiger partial charge in [-0.25, -0.2) is 4.98 Å². The van der Waals surface area contributed by atoms with Gasteiger partial charge >= 0.3 is 0 Å². The Bertz CT molecular complexity index is 898. The van der Waals surface area contributed by atoms with Crippen LogP contribution in [0.1, 0.15) is 5.56 Å². The summed E-state index contributed by atoms with van der Waals surface area (Å²) >= 11 is 0. The van der Waals surface area contributed by atoms with Crippen LogP contribution in [0.15, 0.2) is 46.9 Å². The van der Waals surface area contributed by atoms with E-state index in [9.17, 15) is 4.79 Å². The van der Waals surface area contributed by atoms with E-state index >= 15 is 0 Å². The van der Waals surface area contributed by atoms with Crippen molar-refractivity contribution < 1.29 is 13.9 Å². The fourth-order valence-electron chi connectivity index (χ4n) is 3.08. The maximum atomic E-state index is 12.5. The minimum atomic E-state index is 0.0689. The monoisotopic (exact) mass is 352 g/mol. The van der Waals surface area contributed by atoms with Crippen LogP contribution >= 0.6 is 0 Å². The maximum Gasteiger partial charge on any atom is 0.227 e. The molecule has 26 heavy (non-hydrogen) atoms. The number of nitrogen functional groups attached to an aromatic ring is 1. The van der Waals surface area contributed by atoms with Crippen molar-refractivity contribution in [1.29, 1.82) is 0 Å². The van der Waals surface area contributed by atoms with Gasteiger partial charge in [-0.3, -0.25) is 10.6 Å². The van der Waals surface area contributed by atoms with Crippen LogP contribution in [0, 0.1) is 0 Å². The highest BCUT2D eigenvalue weighted by molar-refractivity contribution is 5.82. The number of nitrogens with two attached hydrogens (primary N) is 1. The quantitative estimate of drug-likeness (QED) is 0.552. The number of hydrogen-bond donors (Lipinski definition) is 2. The van der Waals surface area contributed by atoms with Crippen molar-refractivity contribution in [1.82, 2.24) is 9.88 Å². The van der Waals surface area contributed by atoms with Crippen molar-refractivity contribution in [3.05, 3.63) is 48.0 Å². The lowest BCUT2D eigenvalue weighted by molar-refractivity contribution is -0.134. The molecule has 2 aromatic carbocycles. The number of rotatable bonds is 4. The topological polar surface area (TPSA) is 93.6 Å². The van der Waals surface area contributed by atoms with Crippen molar-refractivity contribution in [3.8, 4) is 11.5 Å². The van der Waals surface area contributed by atoms with E-state index in [1.165, 1.54) is 0 Å². The molecule has 1 fully saturated rings. The van der Waals surface area contributed by atoms with Gasteiger partial charge in [-0.2, -0.15) is 0 Å². The van der Waals surface area contributed by atoms with Crippen LogP contribution in [0.4, 0.5) is 5.69 Å². The molecule has 0 aliphatic carbocycles. The predicted octanol–water partition coefficient (Wildman–Crippen LogP) is 2.18. The van der Waals surface area contributed by atoms with Gasteiger partial charge in [0.15, 0.2) is 5.58 Å². The van der Waals surface area contributed by atoms with Crippen LogP contribution in [0.5, 0.6) is 0 Å². The Balaban J connectivity index is 1.58. The van der Waals surface area contributed by atoms with Gasteiger partial charge in [-0.1, -0.05) is 18.2 Å². The molecule has 2 heterocycles. The minimum Gasteiger partial charge on any atom is -0.436 e. The number of para-hydroxylation sites is 2. The standard InChI is InChI=1S/C19H20N4O3/c20-22-16-11-14(19-21-15-3-1-2-4-17(15)26-19)6-5-13(16)12-18(24)23-7-9-25-10-8-23/h1-6,11,22H,7-10,12,20H2. The molecule has 1 saturated heterocycles. The number of amides is 1. The van der Waals surface area contributed by atoms with Gasteiger partial charge in [0.1, 0.15) is 5.52 Å². The molecule has 1 amide bonds. The van der Waals surface area contributed by atoms with Crippen LogP contribution in [0.2, 0.25) is 0 Å². The van der Waals surface area contributed by atoms with Crippen LogP contribution in [-0.2, 0) is 16.0 Å². The molecule has 0 saturated carbocycles. The summed E-state index contributed by atoms with van der Waals surface area (Å²) < 4.78 is 11.1. The summed E-state index contributed by atoms with van der Waals surface area (Å²) in [4.78, 5) is 18.8. The highest BCUT2D eigenvalue weighted by atomic mass is 16.5. The molecule has 4 rings (SSSR count). The fourth-order valence-corrected chi connectivity index (χ4v) is 3.08. The molecule has 7 nitrogen and oxygen atoms in total. The molecule has 1 aliphatic heterocycles. The molecule has 3 aromatic rings. The Hall–Kier alpha value is -2.90. The first kappa shape index (κ1) is 16.6. The van der Waals surface area contributed by atoms with E-state index in [2.05, 4.69) is 10.4 Å². The lowest BCUT2D eigenvalue weighted by atomic mass is 10.1. The molecule has 3 N–H and O–H groups in total. The van der Waals surface area contributed by atoms with Gasteiger partial charge in [0.05, 0.1) is 25.3 Å². The zero-order valence-electron chi connectivity index (χ0n) is 14.3. The highest BCUT2D eigenvalue weighted by Gasteiger charge is 2.19. The molecule has 0 bridgehead atoms. The van der Waals surface area contributed by atoms with Crippen LogP contribution in [0.3, 0.4) is 0 Å². The number of anilines is 1. The third kappa shape index (κ3) is 3.26. The van der Waals surface area contributed by atoms with E-state index in [0.717, 1.165) is 22.2 Å². The second-order valence-corrected chi connectivity index (χ2v) is 6.17. The maximum absolute atomic E-state index is 12.5. The largest absolute Gasteiger partial charge is 0.436 e. The summed E-state index contributed by atoms with van der Waals surface area (Å²) in [5.74, 6) is 6.27. The molecule has 1 aromatic heterocycles. The molecule has 0 atom stereocenters. The molecule has 7 heteroatoms. The Morgan fingerprint density at radius 3 is 2.77 bits per heavy atom. The van der Waals surface area contributed by atoms with E-state index in [4.69, 9.17) is 15.0 Å². The summed E-state index contributed by atoms with van der Waals surface area (Å²) in [5.41, 5.74) is 6.54. The van der Waals surface area contributed by atoms with Crippen LogP contribution in [-0.4, -0.2) is 42.1 Å². The van der Waals surface area contributed by atoms with Gasteiger partial charge in [-0.15, -0.1) is 0 Å². The molecular weight excluding hydrogens is 332 g/mol. The number of nitrogens with zero attached hydrogens (tertiary/aromatic N) is 2. The summed E-state index contributed by atoms with van der Waals surface area (Å²) in [6.07, 6.45) is 0.285. The Kier molecular flexibility index (Phi) is 4.55. The number of hydrazine groups is 1. The predicted molar refractivity (Wildman–Crippen MR) is 98.4 cm³/mol. The van der Waals surface area contributed by atoms with Gasteiger partial charge in [0.25, 0.3) is 0 Å². The molecule has 0 radical (unpaired) electrons. The first-order chi connectivity index (χ1) is 12.7. The number of carbonyl (C=O) groups excluding carboxylic acids is 1. The second-order valence-electron chi connectivity index (χ2n) is 6.17. The third-order valence-corrected chi connectivity index (χ3v) is 4.51. The number of nitrogens with one attached hydrogen (secondary N) is 1. The first-order valence-corrected chi connectivity index (χ1v) is 8.55. The number of ether oxygens (including phenoxy) is 1. The number of morpholine rings is 1. The number of hydrogen-bond acceptors (Lipinski definition) is 6. The first-order valence-electron chi connectivity index (χ1n) is 8.55. The van der Waals surface area contributed by atoms with Crippen molar-refractivity contribution >= 4 is 22.7 Å².